The molecule has 7 nitrogen and oxygen atoms in total. The van der Waals surface area contributed by atoms with Gasteiger partial charge in [-0.1, -0.05) is 18.2 Å². The fourth-order valence-electron chi connectivity index (χ4n) is 2.20. The molecule has 1 amide bonds. The average molecular weight is 359 g/mol. The van der Waals surface area contributed by atoms with Gasteiger partial charge in [0, 0.05) is 0 Å². The Kier molecular flexibility index (Phi) is 5.42. The standard InChI is InChI=1S/C17H17N3O4S/c1-12-18-16-14(7-10-25-16)17(22)20(12)19-15(21)11-23-8-9-24-13-5-3-2-4-6-13/h2-7,10H,8-9,11H2,1H3,(H,19,21). The van der Waals surface area contributed by atoms with Crippen molar-refractivity contribution >= 4 is 27.5 Å². The van der Waals surface area contributed by atoms with E-state index in [-0.39, 0.29) is 18.8 Å². The number of thiophene rings is 1. The van der Waals surface area contributed by atoms with E-state index in [9.17, 15) is 9.59 Å². The van der Waals surface area contributed by atoms with E-state index in [4.69, 9.17) is 9.47 Å². The van der Waals surface area contributed by atoms with Crippen LogP contribution in [0, 0.1) is 6.92 Å². The number of nitrogens with zero attached hydrogens (tertiary/aromatic N) is 2. The highest BCUT2D eigenvalue weighted by Crippen LogP contribution is 2.14. The number of para-hydroxylation sites is 1. The van der Waals surface area contributed by atoms with Crippen molar-refractivity contribution < 1.29 is 14.3 Å². The molecule has 25 heavy (non-hydrogen) atoms. The number of carbonyl (C=O) groups is 1. The van der Waals surface area contributed by atoms with Crippen LogP contribution in [0.25, 0.3) is 10.2 Å². The molecule has 3 aromatic rings. The molecular formula is C17H17N3O4S. The molecule has 2 aromatic heterocycles. The fraction of sp³-hybridized carbons (Fsp3) is 0.235. The van der Waals surface area contributed by atoms with Crippen molar-refractivity contribution in [3.8, 4) is 5.75 Å². The maximum Gasteiger partial charge on any atom is 0.281 e. The number of nitrogens with one attached hydrogen (secondary N) is 1. The monoisotopic (exact) mass is 359 g/mol. The molecule has 1 N–H and O–H groups in total. The third-order valence-corrected chi connectivity index (χ3v) is 4.18. The Morgan fingerprint density at radius 3 is 2.84 bits per heavy atom. The zero-order valence-electron chi connectivity index (χ0n) is 13.6. The molecule has 3 rings (SSSR count). The zero-order valence-corrected chi connectivity index (χ0v) is 14.4. The lowest BCUT2D eigenvalue weighted by molar-refractivity contribution is -0.121. The SMILES string of the molecule is Cc1nc2sccc2c(=O)n1NC(=O)COCCOc1ccccc1. The van der Waals surface area contributed by atoms with E-state index in [0.29, 0.717) is 22.6 Å². The quantitative estimate of drug-likeness (QED) is 0.652. The average Bonchev–Trinajstić information content (AvgIpc) is 3.07. The van der Waals surface area contributed by atoms with Gasteiger partial charge < -0.3 is 9.47 Å². The Hall–Kier alpha value is -2.71. The predicted molar refractivity (Wildman–Crippen MR) is 95.7 cm³/mol. The number of carbonyl (C=O) groups excluding carboxylic acids is 1. The van der Waals surface area contributed by atoms with Gasteiger partial charge in [0.2, 0.25) is 0 Å². The highest BCUT2D eigenvalue weighted by atomic mass is 32.1. The summed E-state index contributed by atoms with van der Waals surface area (Å²) in [5.74, 6) is 0.731. The number of hydrogen-bond acceptors (Lipinski definition) is 6. The van der Waals surface area contributed by atoms with Crippen LogP contribution in [0.15, 0.2) is 46.6 Å². The first kappa shape index (κ1) is 17.1. The largest absolute Gasteiger partial charge is 0.491 e. The van der Waals surface area contributed by atoms with E-state index in [0.717, 1.165) is 10.4 Å². The summed E-state index contributed by atoms with van der Waals surface area (Å²) in [6.07, 6.45) is 0. The van der Waals surface area contributed by atoms with E-state index in [1.807, 2.05) is 30.3 Å². The summed E-state index contributed by atoms with van der Waals surface area (Å²) < 4.78 is 11.9. The molecule has 0 saturated heterocycles. The van der Waals surface area contributed by atoms with Gasteiger partial charge in [-0.15, -0.1) is 11.3 Å². The fourth-order valence-corrected chi connectivity index (χ4v) is 3.00. The molecule has 0 radical (unpaired) electrons. The summed E-state index contributed by atoms with van der Waals surface area (Å²) in [5, 5.41) is 2.27. The molecule has 0 aliphatic carbocycles. The Balaban J connectivity index is 1.49. The van der Waals surface area contributed by atoms with Gasteiger partial charge >= 0.3 is 0 Å². The van der Waals surface area contributed by atoms with Gasteiger partial charge in [0.1, 0.15) is 29.6 Å². The second-order valence-electron chi connectivity index (χ2n) is 5.19. The van der Waals surface area contributed by atoms with Crippen LogP contribution in [0.4, 0.5) is 0 Å². The second-order valence-corrected chi connectivity index (χ2v) is 6.08. The van der Waals surface area contributed by atoms with Crippen molar-refractivity contribution in [2.24, 2.45) is 0 Å². The highest BCUT2D eigenvalue weighted by Gasteiger charge is 2.11. The summed E-state index contributed by atoms with van der Waals surface area (Å²) in [6.45, 7) is 2.08. The molecule has 0 spiro atoms. The summed E-state index contributed by atoms with van der Waals surface area (Å²) in [6, 6.07) is 11.0. The molecule has 0 atom stereocenters. The smallest absolute Gasteiger partial charge is 0.281 e. The highest BCUT2D eigenvalue weighted by molar-refractivity contribution is 7.16. The van der Waals surface area contributed by atoms with Crippen molar-refractivity contribution in [3.63, 3.8) is 0 Å². The van der Waals surface area contributed by atoms with Gasteiger partial charge in [-0.25, -0.2) is 9.66 Å². The number of fused-ring (bicyclic) bond motifs is 1. The zero-order chi connectivity index (χ0) is 17.6. The number of aromatic nitrogens is 2. The van der Waals surface area contributed by atoms with Gasteiger partial charge in [0.15, 0.2) is 0 Å². The molecule has 0 fully saturated rings. The number of rotatable bonds is 7. The Morgan fingerprint density at radius 2 is 2.04 bits per heavy atom. The molecule has 2 heterocycles. The van der Waals surface area contributed by atoms with Crippen LogP contribution in [0.2, 0.25) is 0 Å². The Morgan fingerprint density at radius 1 is 1.24 bits per heavy atom. The minimum atomic E-state index is -0.429. The lowest BCUT2D eigenvalue weighted by atomic mass is 10.3. The Labute approximate surface area is 147 Å². The van der Waals surface area contributed by atoms with E-state index < -0.39 is 5.91 Å². The van der Waals surface area contributed by atoms with E-state index in [2.05, 4.69) is 10.4 Å². The molecule has 0 saturated carbocycles. The van der Waals surface area contributed by atoms with Crippen LogP contribution in [0.1, 0.15) is 5.82 Å². The van der Waals surface area contributed by atoms with Gasteiger partial charge in [0.25, 0.3) is 11.5 Å². The molecule has 1 aromatic carbocycles. The third kappa shape index (κ3) is 4.23. The molecule has 130 valence electrons. The van der Waals surface area contributed by atoms with Crippen LogP contribution in [-0.2, 0) is 9.53 Å². The van der Waals surface area contributed by atoms with Crippen LogP contribution in [-0.4, -0.2) is 35.4 Å². The Bertz CT molecular complexity index is 921. The summed E-state index contributed by atoms with van der Waals surface area (Å²) in [5.41, 5.74) is 2.21. The van der Waals surface area contributed by atoms with E-state index in [1.165, 1.54) is 11.3 Å². The van der Waals surface area contributed by atoms with Crippen molar-refractivity contribution in [2.45, 2.75) is 6.92 Å². The first-order chi connectivity index (χ1) is 12.1. The number of hydrogen-bond donors (Lipinski definition) is 1. The number of amides is 1. The van der Waals surface area contributed by atoms with Crippen LogP contribution >= 0.6 is 11.3 Å². The third-order valence-electron chi connectivity index (χ3n) is 3.37. The number of aryl methyl sites for hydroxylation is 1. The first-order valence-electron chi connectivity index (χ1n) is 7.67. The minimum Gasteiger partial charge on any atom is -0.491 e. The van der Waals surface area contributed by atoms with Gasteiger partial charge in [-0.2, -0.15) is 0 Å². The molecule has 0 unspecified atom stereocenters. The second kappa shape index (κ2) is 7.91. The maximum atomic E-state index is 12.3. The first-order valence-corrected chi connectivity index (χ1v) is 8.55. The van der Waals surface area contributed by atoms with Crippen molar-refractivity contribution in [2.75, 3.05) is 25.2 Å². The van der Waals surface area contributed by atoms with Gasteiger partial charge in [-0.05, 0) is 30.5 Å². The summed E-state index contributed by atoms with van der Waals surface area (Å²) in [4.78, 5) is 29.2. The topological polar surface area (TPSA) is 82.5 Å². The van der Waals surface area contributed by atoms with Crippen LogP contribution < -0.4 is 15.7 Å². The van der Waals surface area contributed by atoms with Crippen LogP contribution in [0.3, 0.4) is 0 Å². The molecular weight excluding hydrogens is 342 g/mol. The van der Waals surface area contributed by atoms with Crippen molar-refractivity contribution in [1.82, 2.24) is 9.66 Å². The van der Waals surface area contributed by atoms with Crippen molar-refractivity contribution in [3.05, 3.63) is 58.0 Å². The molecule has 0 aliphatic rings. The molecule has 8 heteroatoms. The molecule has 0 bridgehead atoms. The van der Waals surface area contributed by atoms with E-state index >= 15 is 0 Å². The van der Waals surface area contributed by atoms with Gasteiger partial charge in [-0.3, -0.25) is 15.0 Å². The van der Waals surface area contributed by atoms with E-state index in [1.54, 1.807) is 18.4 Å². The maximum absolute atomic E-state index is 12.3. The van der Waals surface area contributed by atoms with Gasteiger partial charge in [0.05, 0.1) is 12.0 Å². The lowest BCUT2D eigenvalue weighted by Gasteiger charge is -2.11. The number of ether oxygens (including phenoxy) is 2. The number of benzene rings is 1. The normalized spacial score (nSPS) is 10.8. The summed E-state index contributed by atoms with van der Waals surface area (Å²) in [7, 11) is 0. The molecule has 0 aliphatic heterocycles. The minimum absolute atomic E-state index is 0.175. The predicted octanol–water partition coefficient (Wildman–Crippen LogP) is 1.93. The lowest BCUT2D eigenvalue weighted by Crippen LogP contribution is -2.37. The van der Waals surface area contributed by atoms with Crippen LogP contribution in [0.5, 0.6) is 5.75 Å². The summed E-state index contributed by atoms with van der Waals surface area (Å²) >= 11 is 1.38. The van der Waals surface area contributed by atoms with Crippen molar-refractivity contribution in [1.29, 1.82) is 0 Å².